The zero-order valence-electron chi connectivity index (χ0n) is 16.5. The first kappa shape index (κ1) is 18.5. The number of H-pyrrole nitrogens is 1. The molecule has 8 heteroatoms. The van der Waals surface area contributed by atoms with E-state index in [4.69, 9.17) is 15.2 Å². The predicted molar refractivity (Wildman–Crippen MR) is 110 cm³/mol. The van der Waals surface area contributed by atoms with E-state index < -0.39 is 5.66 Å². The molecule has 0 spiro atoms. The molecular weight excluding hydrogens is 384 g/mol. The summed E-state index contributed by atoms with van der Waals surface area (Å²) in [6, 6.07) is 13.7. The van der Waals surface area contributed by atoms with Crippen LogP contribution >= 0.6 is 0 Å². The van der Waals surface area contributed by atoms with Crippen LogP contribution in [-0.2, 0) is 22.4 Å². The third kappa shape index (κ3) is 3.05. The van der Waals surface area contributed by atoms with E-state index in [2.05, 4.69) is 10.3 Å². The number of rotatable bonds is 4. The van der Waals surface area contributed by atoms with Gasteiger partial charge in [0, 0.05) is 36.5 Å². The van der Waals surface area contributed by atoms with Crippen molar-refractivity contribution >= 4 is 22.7 Å². The maximum atomic E-state index is 12.8. The summed E-state index contributed by atoms with van der Waals surface area (Å²) < 4.78 is 10.9. The van der Waals surface area contributed by atoms with E-state index in [0.29, 0.717) is 6.42 Å². The summed E-state index contributed by atoms with van der Waals surface area (Å²) in [5, 5.41) is 3.68. The van der Waals surface area contributed by atoms with E-state index in [-0.39, 0.29) is 31.6 Å². The van der Waals surface area contributed by atoms with Crippen LogP contribution in [0.4, 0.5) is 0 Å². The fourth-order valence-electron chi connectivity index (χ4n) is 4.23. The molecule has 1 atom stereocenters. The first-order valence-electron chi connectivity index (χ1n) is 9.75. The number of aromatic nitrogens is 1. The van der Waals surface area contributed by atoms with Gasteiger partial charge in [-0.15, -0.1) is 0 Å². The van der Waals surface area contributed by atoms with E-state index in [0.717, 1.165) is 39.2 Å². The number of amides is 2. The molecule has 1 saturated heterocycles. The highest BCUT2D eigenvalue weighted by Gasteiger charge is 2.43. The largest absolute Gasteiger partial charge is 0.454 e. The molecular formula is C22H22N4O4. The smallest absolute Gasteiger partial charge is 0.263 e. The summed E-state index contributed by atoms with van der Waals surface area (Å²) in [5.74, 6) is 0.880. The number of aromatic amines is 1. The SMILES string of the molecule is CN1CC(=O)N[C@](N)(Cc2c(Cc3ccc4c(c3)OCO4)[nH]c3ccccc23)C1=O. The third-order valence-electron chi connectivity index (χ3n) is 5.65. The van der Waals surface area contributed by atoms with Gasteiger partial charge in [-0.3, -0.25) is 9.59 Å². The Morgan fingerprint density at radius 2 is 1.93 bits per heavy atom. The van der Waals surface area contributed by atoms with Crippen LogP contribution in [-0.4, -0.2) is 47.7 Å². The molecule has 30 heavy (non-hydrogen) atoms. The average molecular weight is 406 g/mol. The molecule has 4 N–H and O–H groups in total. The number of hydrogen-bond acceptors (Lipinski definition) is 5. The van der Waals surface area contributed by atoms with Gasteiger partial charge in [0.2, 0.25) is 12.7 Å². The average Bonchev–Trinajstić information content (AvgIpc) is 3.31. The number of fused-ring (bicyclic) bond motifs is 2. The molecule has 154 valence electrons. The van der Waals surface area contributed by atoms with Gasteiger partial charge in [0.25, 0.3) is 5.91 Å². The monoisotopic (exact) mass is 406 g/mol. The van der Waals surface area contributed by atoms with Gasteiger partial charge in [0.1, 0.15) is 0 Å². The Kier molecular flexibility index (Phi) is 4.18. The molecule has 0 unspecified atom stereocenters. The Morgan fingerprint density at radius 3 is 2.80 bits per heavy atom. The molecule has 5 rings (SSSR count). The first-order chi connectivity index (χ1) is 14.4. The normalized spacial score (nSPS) is 20.7. The number of piperazine rings is 1. The Bertz CT molecular complexity index is 1170. The molecule has 1 aromatic heterocycles. The van der Waals surface area contributed by atoms with Crippen molar-refractivity contribution in [2.75, 3.05) is 20.4 Å². The van der Waals surface area contributed by atoms with E-state index in [1.165, 1.54) is 4.90 Å². The van der Waals surface area contributed by atoms with E-state index >= 15 is 0 Å². The highest BCUT2D eigenvalue weighted by Crippen LogP contribution is 2.34. The molecule has 8 nitrogen and oxygen atoms in total. The number of ether oxygens (including phenoxy) is 2. The summed E-state index contributed by atoms with van der Waals surface area (Å²) >= 11 is 0. The molecule has 0 radical (unpaired) electrons. The summed E-state index contributed by atoms with van der Waals surface area (Å²) in [6.45, 7) is 0.233. The van der Waals surface area contributed by atoms with Crippen molar-refractivity contribution < 1.29 is 19.1 Å². The second-order valence-electron chi connectivity index (χ2n) is 7.85. The number of nitrogens with zero attached hydrogens (tertiary/aromatic N) is 1. The van der Waals surface area contributed by atoms with Crippen LogP contribution in [0.15, 0.2) is 42.5 Å². The van der Waals surface area contributed by atoms with Gasteiger partial charge >= 0.3 is 0 Å². The van der Waals surface area contributed by atoms with Crippen LogP contribution < -0.4 is 20.5 Å². The van der Waals surface area contributed by atoms with Crippen LogP contribution in [0, 0.1) is 0 Å². The maximum Gasteiger partial charge on any atom is 0.263 e. The lowest BCUT2D eigenvalue weighted by atomic mass is 9.93. The Hall–Kier alpha value is -3.52. The second kappa shape index (κ2) is 6.77. The Balaban J connectivity index is 1.54. The quantitative estimate of drug-likeness (QED) is 0.605. The first-order valence-corrected chi connectivity index (χ1v) is 9.75. The minimum atomic E-state index is -1.49. The number of para-hydroxylation sites is 1. The molecule has 0 bridgehead atoms. The predicted octanol–water partition coefficient (Wildman–Crippen LogP) is 1.27. The summed E-state index contributed by atoms with van der Waals surface area (Å²) in [5.41, 5.74) is 8.78. The van der Waals surface area contributed by atoms with Crippen molar-refractivity contribution in [1.82, 2.24) is 15.2 Å². The van der Waals surface area contributed by atoms with Crippen molar-refractivity contribution in [3.05, 3.63) is 59.3 Å². The van der Waals surface area contributed by atoms with Gasteiger partial charge in [-0.1, -0.05) is 24.3 Å². The van der Waals surface area contributed by atoms with E-state index in [1.807, 2.05) is 42.5 Å². The van der Waals surface area contributed by atoms with Crippen molar-refractivity contribution in [2.24, 2.45) is 5.73 Å². The molecule has 0 saturated carbocycles. The van der Waals surface area contributed by atoms with Crippen LogP contribution in [0.1, 0.15) is 16.8 Å². The number of benzene rings is 2. The minimum Gasteiger partial charge on any atom is -0.454 e. The van der Waals surface area contributed by atoms with Gasteiger partial charge in [-0.25, -0.2) is 0 Å². The fraction of sp³-hybridized carbons (Fsp3) is 0.273. The summed E-state index contributed by atoms with van der Waals surface area (Å²) in [4.78, 5) is 29.7. The van der Waals surface area contributed by atoms with Gasteiger partial charge in [0.15, 0.2) is 17.2 Å². The van der Waals surface area contributed by atoms with Crippen molar-refractivity contribution in [3.8, 4) is 11.5 Å². The highest BCUT2D eigenvalue weighted by atomic mass is 16.7. The van der Waals surface area contributed by atoms with Gasteiger partial charge in [0.05, 0.1) is 6.54 Å². The van der Waals surface area contributed by atoms with Gasteiger partial charge in [-0.05, 0) is 29.3 Å². The third-order valence-corrected chi connectivity index (χ3v) is 5.65. The zero-order chi connectivity index (χ0) is 20.9. The molecule has 3 heterocycles. The lowest BCUT2D eigenvalue weighted by Gasteiger charge is -2.37. The summed E-state index contributed by atoms with van der Waals surface area (Å²) in [7, 11) is 1.59. The van der Waals surface area contributed by atoms with Crippen LogP contribution in [0.3, 0.4) is 0 Å². The molecule has 2 aliphatic rings. The second-order valence-corrected chi connectivity index (χ2v) is 7.85. The highest BCUT2D eigenvalue weighted by molar-refractivity contribution is 5.98. The van der Waals surface area contributed by atoms with Crippen LogP contribution in [0.5, 0.6) is 11.5 Å². The molecule has 3 aromatic rings. The van der Waals surface area contributed by atoms with Crippen molar-refractivity contribution in [2.45, 2.75) is 18.5 Å². The molecule has 2 aliphatic heterocycles. The molecule has 2 aromatic carbocycles. The van der Waals surface area contributed by atoms with Gasteiger partial charge in [-0.2, -0.15) is 0 Å². The Morgan fingerprint density at radius 1 is 1.13 bits per heavy atom. The number of likely N-dealkylation sites (N-methyl/N-ethyl adjacent to an activating group) is 1. The van der Waals surface area contributed by atoms with Gasteiger partial charge < -0.3 is 30.4 Å². The fourth-order valence-corrected chi connectivity index (χ4v) is 4.23. The van der Waals surface area contributed by atoms with E-state index in [1.54, 1.807) is 7.05 Å². The van der Waals surface area contributed by atoms with Crippen molar-refractivity contribution in [1.29, 1.82) is 0 Å². The van der Waals surface area contributed by atoms with Crippen LogP contribution in [0.25, 0.3) is 10.9 Å². The zero-order valence-corrected chi connectivity index (χ0v) is 16.5. The molecule has 2 amide bonds. The van der Waals surface area contributed by atoms with Crippen LogP contribution in [0.2, 0.25) is 0 Å². The lowest BCUT2D eigenvalue weighted by molar-refractivity contribution is -0.148. The molecule has 1 fully saturated rings. The minimum absolute atomic E-state index is 0.00964. The lowest BCUT2D eigenvalue weighted by Crippen LogP contribution is -2.71. The Labute approximate surface area is 172 Å². The van der Waals surface area contributed by atoms with Crippen molar-refractivity contribution in [3.63, 3.8) is 0 Å². The number of carbonyl (C=O) groups excluding carboxylic acids is 2. The topological polar surface area (TPSA) is 110 Å². The standard InChI is InChI=1S/C22H22N4O4/c1-26-11-20(27)25-22(23,21(26)28)10-15-14-4-2-3-5-16(14)24-17(15)8-13-6-7-18-19(9-13)30-12-29-18/h2-7,9,24H,8,10-12,23H2,1H3,(H,25,27)/t22-/m1/s1. The van der Waals surface area contributed by atoms with E-state index in [9.17, 15) is 9.59 Å². The number of nitrogens with one attached hydrogen (secondary N) is 2. The molecule has 0 aliphatic carbocycles. The summed E-state index contributed by atoms with van der Waals surface area (Å²) in [6.07, 6.45) is 0.778. The number of carbonyl (C=O) groups is 2. The maximum absolute atomic E-state index is 12.8. The number of nitrogens with two attached hydrogens (primary N) is 1. The number of hydrogen-bond donors (Lipinski definition) is 3.